The maximum atomic E-state index is 11.1. The normalized spacial score (nSPS) is 10.3. The Morgan fingerprint density at radius 1 is 1.39 bits per heavy atom. The van der Waals surface area contributed by atoms with Crippen molar-refractivity contribution in [1.82, 2.24) is 4.98 Å². The van der Waals surface area contributed by atoms with E-state index in [9.17, 15) is 4.79 Å². The van der Waals surface area contributed by atoms with Crippen LogP contribution in [0.15, 0.2) is 18.3 Å². The van der Waals surface area contributed by atoms with Gasteiger partial charge in [-0.3, -0.25) is 0 Å². The van der Waals surface area contributed by atoms with E-state index < -0.39 is 5.97 Å². The van der Waals surface area contributed by atoms with Gasteiger partial charge in [-0.25, -0.2) is 9.78 Å². The smallest absolute Gasteiger partial charge is 0.355 e. The van der Waals surface area contributed by atoms with Crippen LogP contribution in [0.3, 0.4) is 0 Å². The van der Waals surface area contributed by atoms with Gasteiger partial charge in [0, 0.05) is 28.7 Å². The second kappa shape index (κ2) is 4.40. The number of carbonyl (C=O) groups is 1. The van der Waals surface area contributed by atoms with Crippen molar-refractivity contribution in [2.45, 2.75) is 0 Å². The molecule has 0 aliphatic heterocycles. The van der Waals surface area contributed by atoms with E-state index in [0.717, 1.165) is 0 Å². The fourth-order valence-corrected chi connectivity index (χ4v) is 1.88. The first-order valence-corrected chi connectivity index (χ1v) is 5.12. The van der Waals surface area contributed by atoms with Crippen LogP contribution in [0.2, 0.25) is 0 Å². The number of ether oxygens (including phenoxy) is 2. The van der Waals surface area contributed by atoms with E-state index in [4.69, 9.17) is 20.3 Å². The number of carboxylic acid groups (broad SMARTS) is 1. The van der Waals surface area contributed by atoms with Gasteiger partial charge >= 0.3 is 5.97 Å². The van der Waals surface area contributed by atoms with Crippen molar-refractivity contribution >= 4 is 22.4 Å². The Labute approximate surface area is 103 Å². The van der Waals surface area contributed by atoms with E-state index in [2.05, 4.69) is 4.98 Å². The van der Waals surface area contributed by atoms with Crippen molar-refractivity contribution in [2.24, 2.45) is 0 Å². The van der Waals surface area contributed by atoms with Gasteiger partial charge < -0.3 is 20.3 Å². The monoisotopic (exact) mass is 248 g/mol. The lowest BCUT2D eigenvalue weighted by Gasteiger charge is -2.13. The molecule has 0 bridgehead atoms. The van der Waals surface area contributed by atoms with Gasteiger partial charge in [-0.2, -0.15) is 0 Å². The van der Waals surface area contributed by atoms with Crippen LogP contribution in [-0.2, 0) is 0 Å². The molecule has 6 nitrogen and oxygen atoms in total. The van der Waals surface area contributed by atoms with Crippen LogP contribution in [0.25, 0.3) is 10.8 Å². The van der Waals surface area contributed by atoms with Crippen molar-refractivity contribution in [1.29, 1.82) is 0 Å². The summed E-state index contributed by atoms with van der Waals surface area (Å²) in [5.41, 5.74) is 6.04. The van der Waals surface area contributed by atoms with Crippen molar-refractivity contribution < 1.29 is 19.4 Å². The standard InChI is InChI=1S/C12H12N2O4/c1-17-8-5-7(13)9-6(11(8)18-2)3-4-14-10(9)12(15)16/h3-5H,13H2,1-2H3,(H,15,16). The Morgan fingerprint density at radius 3 is 2.67 bits per heavy atom. The lowest BCUT2D eigenvalue weighted by atomic mass is 10.1. The number of aromatic nitrogens is 1. The summed E-state index contributed by atoms with van der Waals surface area (Å²) in [6.07, 6.45) is 1.40. The highest BCUT2D eigenvalue weighted by Crippen LogP contribution is 2.39. The number of aromatic carboxylic acids is 1. The summed E-state index contributed by atoms with van der Waals surface area (Å²) >= 11 is 0. The van der Waals surface area contributed by atoms with E-state index in [1.807, 2.05) is 0 Å². The minimum Gasteiger partial charge on any atom is -0.493 e. The Kier molecular flexibility index (Phi) is 2.93. The van der Waals surface area contributed by atoms with E-state index in [1.165, 1.54) is 26.5 Å². The van der Waals surface area contributed by atoms with Gasteiger partial charge in [0.1, 0.15) is 0 Å². The molecule has 0 fully saturated rings. The van der Waals surface area contributed by atoms with Crippen LogP contribution in [0.1, 0.15) is 10.5 Å². The summed E-state index contributed by atoms with van der Waals surface area (Å²) in [5, 5.41) is 10.0. The average Bonchev–Trinajstić information content (AvgIpc) is 2.37. The second-order valence-electron chi connectivity index (χ2n) is 3.59. The van der Waals surface area contributed by atoms with Gasteiger partial charge in [0.15, 0.2) is 17.2 Å². The highest BCUT2D eigenvalue weighted by molar-refractivity contribution is 6.09. The number of methoxy groups -OCH3 is 2. The van der Waals surface area contributed by atoms with Gasteiger partial charge in [-0.1, -0.05) is 0 Å². The van der Waals surface area contributed by atoms with Crippen LogP contribution < -0.4 is 15.2 Å². The minimum atomic E-state index is -1.14. The van der Waals surface area contributed by atoms with Crippen LogP contribution in [0.5, 0.6) is 11.5 Å². The molecule has 0 spiro atoms. The molecule has 1 aromatic carbocycles. The molecule has 0 aliphatic rings. The van der Waals surface area contributed by atoms with Gasteiger partial charge in [-0.05, 0) is 6.07 Å². The van der Waals surface area contributed by atoms with Gasteiger partial charge in [0.05, 0.1) is 14.2 Å². The number of carboxylic acids is 1. The number of hydrogen-bond acceptors (Lipinski definition) is 5. The maximum absolute atomic E-state index is 11.1. The van der Waals surface area contributed by atoms with Crippen LogP contribution in [-0.4, -0.2) is 30.3 Å². The zero-order valence-corrected chi connectivity index (χ0v) is 9.93. The lowest BCUT2D eigenvalue weighted by Crippen LogP contribution is -2.04. The third-order valence-electron chi connectivity index (χ3n) is 2.62. The van der Waals surface area contributed by atoms with Crippen LogP contribution in [0, 0.1) is 0 Å². The molecule has 2 rings (SSSR count). The summed E-state index contributed by atoms with van der Waals surface area (Å²) in [6.45, 7) is 0. The Hall–Kier alpha value is -2.50. The molecule has 1 aromatic heterocycles. The molecule has 18 heavy (non-hydrogen) atoms. The zero-order valence-electron chi connectivity index (χ0n) is 9.93. The van der Waals surface area contributed by atoms with Crippen LogP contribution in [0.4, 0.5) is 5.69 Å². The van der Waals surface area contributed by atoms with Gasteiger partial charge in [0.2, 0.25) is 0 Å². The predicted molar refractivity (Wildman–Crippen MR) is 66.2 cm³/mol. The molecule has 1 heterocycles. The minimum absolute atomic E-state index is 0.106. The number of nitrogens with zero attached hydrogens (tertiary/aromatic N) is 1. The van der Waals surface area contributed by atoms with E-state index >= 15 is 0 Å². The third kappa shape index (κ3) is 1.67. The molecule has 94 valence electrons. The third-order valence-corrected chi connectivity index (χ3v) is 2.62. The highest BCUT2D eigenvalue weighted by Gasteiger charge is 2.18. The number of pyridine rings is 1. The molecule has 6 heteroatoms. The van der Waals surface area contributed by atoms with Crippen molar-refractivity contribution in [3.05, 3.63) is 24.0 Å². The van der Waals surface area contributed by atoms with Crippen LogP contribution >= 0.6 is 0 Å². The predicted octanol–water partition coefficient (Wildman–Crippen LogP) is 1.53. The van der Waals surface area contributed by atoms with E-state index in [-0.39, 0.29) is 11.4 Å². The molecule has 0 atom stereocenters. The largest absolute Gasteiger partial charge is 0.493 e. The quantitative estimate of drug-likeness (QED) is 0.800. The molecule has 2 aromatic rings. The molecule has 3 N–H and O–H groups in total. The number of fused-ring (bicyclic) bond motifs is 1. The number of hydrogen-bond donors (Lipinski definition) is 2. The fraction of sp³-hybridized carbons (Fsp3) is 0.167. The summed E-state index contributed by atoms with van der Waals surface area (Å²) in [7, 11) is 2.97. The number of nitrogens with two attached hydrogens (primary N) is 1. The first kappa shape index (κ1) is 12.0. The highest BCUT2D eigenvalue weighted by atomic mass is 16.5. The molecule has 0 radical (unpaired) electrons. The number of rotatable bonds is 3. The molecule has 0 amide bonds. The topological polar surface area (TPSA) is 94.7 Å². The number of nitrogen functional groups attached to an aromatic ring is 1. The van der Waals surface area contributed by atoms with Gasteiger partial charge in [0.25, 0.3) is 0 Å². The fourth-order valence-electron chi connectivity index (χ4n) is 1.88. The molecule has 0 aliphatic carbocycles. The van der Waals surface area contributed by atoms with Gasteiger partial charge in [-0.15, -0.1) is 0 Å². The van der Waals surface area contributed by atoms with Crippen molar-refractivity contribution in [3.8, 4) is 11.5 Å². The summed E-state index contributed by atoms with van der Waals surface area (Å²) in [6, 6.07) is 3.16. The second-order valence-corrected chi connectivity index (χ2v) is 3.59. The molecule has 0 unspecified atom stereocenters. The number of benzene rings is 1. The first-order chi connectivity index (χ1) is 8.60. The van der Waals surface area contributed by atoms with Crippen molar-refractivity contribution in [3.63, 3.8) is 0 Å². The Morgan fingerprint density at radius 2 is 2.11 bits per heavy atom. The molecular formula is C12H12N2O4. The SMILES string of the molecule is COc1cc(N)c2c(C(=O)O)nccc2c1OC. The average molecular weight is 248 g/mol. The Bertz CT molecular complexity index is 625. The zero-order chi connectivity index (χ0) is 13.3. The molecule has 0 saturated heterocycles. The summed E-state index contributed by atoms with van der Waals surface area (Å²) in [5.74, 6) is -0.254. The van der Waals surface area contributed by atoms with E-state index in [1.54, 1.807) is 6.07 Å². The summed E-state index contributed by atoms with van der Waals surface area (Å²) < 4.78 is 10.4. The van der Waals surface area contributed by atoms with E-state index in [0.29, 0.717) is 22.3 Å². The summed E-state index contributed by atoms with van der Waals surface area (Å²) in [4.78, 5) is 15.0. The molecule has 0 saturated carbocycles. The lowest BCUT2D eigenvalue weighted by molar-refractivity contribution is 0.0693. The maximum Gasteiger partial charge on any atom is 0.355 e. The number of anilines is 1. The van der Waals surface area contributed by atoms with Crippen molar-refractivity contribution in [2.75, 3.05) is 20.0 Å². The first-order valence-electron chi connectivity index (χ1n) is 5.12. The Balaban J connectivity index is 2.93. The molecular weight excluding hydrogens is 236 g/mol.